The van der Waals surface area contributed by atoms with Crippen molar-refractivity contribution in [1.82, 2.24) is 0 Å². The summed E-state index contributed by atoms with van der Waals surface area (Å²) in [6, 6.07) is 0. The first-order valence-electron chi connectivity index (χ1n) is 11.4. The van der Waals surface area contributed by atoms with Crippen molar-refractivity contribution >= 4 is 0 Å². The molecule has 27 heavy (non-hydrogen) atoms. The van der Waals surface area contributed by atoms with Gasteiger partial charge in [0.1, 0.15) is 0 Å². The van der Waals surface area contributed by atoms with Gasteiger partial charge in [-0.1, -0.05) is 38.8 Å². The van der Waals surface area contributed by atoms with E-state index in [1.807, 2.05) is 0 Å². The van der Waals surface area contributed by atoms with Crippen molar-refractivity contribution in [3.8, 4) is 0 Å². The van der Waals surface area contributed by atoms with Gasteiger partial charge in [0.15, 0.2) is 12.6 Å². The first-order chi connectivity index (χ1) is 13.3. The molecule has 0 spiro atoms. The summed E-state index contributed by atoms with van der Waals surface area (Å²) in [5.41, 5.74) is 0. The molecule has 0 aromatic carbocycles. The van der Waals surface area contributed by atoms with E-state index in [-0.39, 0.29) is 12.6 Å². The van der Waals surface area contributed by atoms with Crippen molar-refractivity contribution in [1.29, 1.82) is 0 Å². The van der Waals surface area contributed by atoms with E-state index < -0.39 is 0 Å². The van der Waals surface area contributed by atoms with Crippen LogP contribution in [0.15, 0.2) is 12.2 Å². The van der Waals surface area contributed by atoms with Crippen LogP contribution >= 0.6 is 0 Å². The molecule has 0 bridgehead atoms. The van der Waals surface area contributed by atoms with Gasteiger partial charge in [0.2, 0.25) is 0 Å². The van der Waals surface area contributed by atoms with E-state index in [0.29, 0.717) is 17.8 Å². The average Bonchev–Trinajstić information content (AvgIpc) is 2.73. The Morgan fingerprint density at radius 3 is 2.07 bits per heavy atom. The number of hydrogen-bond donors (Lipinski definition) is 0. The van der Waals surface area contributed by atoms with Gasteiger partial charge in [0, 0.05) is 17.8 Å². The molecule has 0 amide bonds. The molecule has 3 rings (SSSR count). The Labute approximate surface area is 166 Å². The Balaban J connectivity index is 1.28. The molecule has 0 unspecified atom stereocenters. The van der Waals surface area contributed by atoms with Gasteiger partial charge in [-0.2, -0.15) is 0 Å². The fraction of sp³-hybridized carbons (Fsp3) is 0.913. The minimum Gasteiger partial charge on any atom is -0.352 e. The summed E-state index contributed by atoms with van der Waals surface area (Å²) in [6.07, 6.45) is 15.4. The number of rotatable bonds is 8. The highest BCUT2D eigenvalue weighted by atomic mass is 16.7. The highest BCUT2D eigenvalue weighted by molar-refractivity contribution is 4.88. The molecule has 4 heteroatoms. The van der Waals surface area contributed by atoms with E-state index >= 15 is 0 Å². The quantitative estimate of drug-likeness (QED) is 0.534. The van der Waals surface area contributed by atoms with Crippen LogP contribution in [0.3, 0.4) is 0 Å². The summed E-state index contributed by atoms with van der Waals surface area (Å²) in [7, 11) is 0. The monoisotopic (exact) mass is 380 g/mol. The molecule has 0 radical (unpaired) electrons. The van der Waals surface area contributed by atoms with Crippen molar-refractivity contribution in [2.45, 2.75) is 84.2 Å². The Bertz CT molecular complexity index is 414. The topological polar surface area (TPSA) is 36.9 Å². The van der Waals surface area contributed by atoms with E-state index in [1.165, 1.54) is 38.5 Å². The standard InChI is InChI=1S/C23H40O4/c1-3-5-7-19-14-24-22(25-15-19)13-10-20-16-26-23(27-17-20)21-11-8-18(6-4-2)9-12-21/h5,7,18-23H,3-4,6,8-17H2,1-2H3/t18-,19-,20-,21-,22-,23-. The Morgan fingerprint density at radius 1 is 0.741 bits per heavy atom. The molecule has 0 N–H and O–H groups in total. The van der Waals surface area contributed by atoms with E-state index in [4.69, 9.17) is 18.9 Å². The maximum Gasteiger partial charge on any atom is 0.160 e. The van der Waals surface area contributed by atoms with Crippen molar-refractivity contribution in [3.63, 3.8) is 0 Å². The molecule has 2 aliphatic heterocycles. The van der Waals surface area contributed by atoms with Crippen molar-refractivity contribution in [2.24, 2.45) is 23.7 Å². The molecule has 2 saturated heterocycles. The minimum atomic E-state index is -0.0529. The molecule has 3 fully saturated rings. The lowest BCUT2D eigenvalue weighted by atomic mass is 9.79. The second-order valence-electron chi connectivity index (χ2n) is 8.74. The highest BCUT2D eigenvalue weighted by Gasteiger charge is 2.32. The number of hydrogen-bond acceptors (Lipinski definition) is 4. The molecule has 1 saturated carbocycles. The third kappa shape index (κ3) is 6.85. The van der Waals surface area contributed by atoms with Gasteiger partial charge in [-0.25, -0.2) is 0 Å². The van der Waals surface area contributed by atoms with E-state index in [1.54, 1.807) is 0 Å². The van der Waals surface area contributed by atoms with Crippen LogP contribution in [0, 0.1) is 23.7 Å². The summed E-state index contributed by atoms with van der Waals surface area (Å²) in [5, 5.41) is 0. The second kappa shape index (κ2) is 11.5. The third-order valence-electron chi connectivity index (χ3n) is 6.41. The predicted molar refractivity (Wildman–Crippen MR) is 107 cm³/mol. The summed E-state index contributed by atoms with van der Waals surface area (Å²) in [5.74, 6) is 2.44. The molecular formula is C23H40O4. The van der Waals surface area contributed by atoms with Crippen LogP contribution in [-0.2, 0) is 18.9 Å². The average molecular weight is 381 g/mol. The lowest BCUT2D eigenvalue weighted by Crippen LogP contribution is -2.39. The highest BCUT2D eigenvalue weighted by Crippen LogP contribution is 2.36. The Morgan fingerprint density at radius 2 is 1.44 bits per heavy atom. The van der Waals surface area contributed by atoms with Gasteiger partial charge >= 0.3 is 0 Å². The van der Waals surface area contributed by atoms with Gasteiger partial charge in [0.05, 0.1) is 26.4 Å². The summed E-state index contributed by atoms with van der Waals surface area (Å²) in [6.45, 7) is 7.66. The normalized spacial score (nSPS) is 38.3. The van der Waals surface area contributed by atoms with Crippen molar-refractivity contribution in [3.05, 3.63) is 12.2 Å². The van der Waals surface area contributed by atoms with Crippen molar-refractivity contribution in [2.75, 3.05) is 26.4 Å². The predicted octanol–water partition coefficient (Wildman–Crippen LogP) is 5.32. The fourth-order valence-corrected chi connectivity index (χ4v) is 4.69. The second-order valence-corrected chi connectivity index (χ2v) is 8.74. The van der Waals surface area contributed by atoms with Crippen LogP contribution in [0.25, 0.3) is 0 Å². The molecule has 0 atom stereocenters. The molecule has 0 aromatic rings. The molecule has 3 aliphatic rings. The third-order valence-corrected chi connectivity index (χ3v) is 6.41. The summed E-state index contributed by atoms with van der Waals surface area (Å²) < 4.78 is 24.0. The Hall–Kier alpha value is -0.420. The van der Waals surface area contributed by atoms with Gasteiger partial charge < -0.3 is 18.9 Å². The van der Waals surface area contributed by atoms with E-state index in [2.05, 4.69) is 26.0 Å². The minimum absolute atomic E-state index is 0.0390. The SMILES string of the molecule is CCC=C[C@H]1CO[C@H](CC[C@H]2CO[C@H]([C@H]3CC[C@H](CCC)CC3)OC2)OC1. The zero-order chi connectivity index (χ0) is 18.9. The maximum atomic E-state index is 6.11. The number of allylic oxidation sites excluding steroid dienone is 1. The van der Waals surface area contributed by atoms with Crippen LogP contribution in [0.4, 0.5) is 0 Å². The summed E-state index contributed by atoms with van der Waals surface area (Å²) >= 11 is 0. The molecule has 0 aromatic heterocycles. The first kappa shape index (κ1) is 21.3. The van der Waals surface area contributed by atoms with E-state index in [9.17, 15) is 0 Å². The van der Waals surface area contributed by atoms with Gasteiger partial charge in [0.25, 0.3) is 0 Å². The molecule has 156 valence electrons. The first-order valence-corrected chi connectivity index (χ1v) is 11.4. The maximum absolute atomic E-state index is 6.11. The molecule has 2 heterocycles. The van der Waals surface area contributed by atoms with E-state index in [0.717, 1.165) is 51.6 Å². The van der Waals surface area contributed by atoms with Gasteiger partial charge in [-0.3, -0.25) is 0 Å². The lowest BCUT2D eigenvalue weighted by molar-refractivity contribution is -0.235. The van der Waals surface area contributed by atoms with Crippen LogP contribution < -0.4 is 0 Å². The van der Waals surface area contributed by atoms with Crippen LogP contribution in [0.1, 0.15) is 71.6 Å². The van der Waals surface area contributed by atoms with Gasteiger partial charge in [-0.05, 0) is 50.9 Å². The zero-order valence-corrected chi connectivity index (χ0v) is 17.4. The fourth-order valence-electron chi connectivity index (χ4n) is 4.69. The zero-order valence-electron chi connectivity index (χ0n) is 17.4. The number of ether oxygens (including phenoxy) is 4. The van der Waals surface area contributed by atoms with Crippen LogP contribution in [0.2, 0.25) is 0 Å². The molecular weight excluding hydrogens is 340 g/mol. The largest absolute Gasteiger partial charge is 0.352 e. The Kier molecular flexibility index (Phi) is 9.11. The smallest absolute Gasteiger partial charge is 0.160 e. The summed E-state index contributed by atoms with van der Waals surface area (Å²) in [4.78, 5) is 0. The lowest BCUT2D eigenvalue weighted by Gasteiger charge is -2.38. The van der Waals surface area contributed by atoms with Crippen molar-refractivity contribution < 1.29 is 18.9 Å². The van der Waals surface area contributed by atoms with Gasteiger partial charge in [-0.15, -0.1) is 0 Å². The van der Waals surface area contributed by atoms with Crippen LogP contribution in [-0.4, -0.2) is 39.0 Å². The molecule has 4 nitrogen and oxygen atoms in total. The van der Waals surface area contributed by atoms with Crippen LogP contribution in [0.5, 0.6) is 0 Å². The molecule has 1 aliphatic carbocycles.